The molecule has 0 aliphatic heterocycles. The van der Waals surface area contributed by atoms with Crippen LogP contribution in [0, 0.1) is 0 Å². The van der Waals surface area contributed by atoms with Gasteiger partial charge in [-0.3, -0.25) is 4.79 Å². The summed E-state index contributed by atoms with van der Waals surface area (Å²) in [5.41, 5.74) is 0.787. The van der Waals surface area contributed by atoms with Crippen molar-refractivity contribution in [1.29, 1.82) is 0 Å². The molecule has 0 N–H and O–H groups in total. The zero-order valence-corrected chi connectivity index (χ0v) is 17.2. The van der Waals surface area contributed by atoms with Gasteiger partial charge in [-0.15, -0.1) is 0 Å². The maximum absolute atomic E-state index is 12.8. The molecule has 1 aromatic heterocycles. The molecule has 1 amide bonds. The second kappa shape index (κ2) is 9.43. The highest BCUT2D eigenvalue weighted by molar-refractivity contribution is 6.30. The fourth-order valence-electron chi connectivity index (χ4n) is 2.71. The molecule has 3 rings (SSSR count). The summed E-state index contributed by atoms with van der Waals surface area (Å²) < 4.78 is 16.2. The monoisotopic (exact) mass is 415 g/mol. The van der Waals surface area contributed by atoms with Crippen molar-refractivity contribution in [2.75, 3.05) is 13.7 Å². The van der Waals surface area contributed by atoms with Crippen LogP contribution in [0.5, 0.6) is 11.5 Å². The Kier molecular flexibility index (Phi) is 6.72. The average molecular weight is 416 g/mol. The van der Waals surface area contributed by atoms with E-state index in [4.69, 9.17) is 25.6 Å². The summed E-state index contributed by atoms with van der Waals surface area (Å²) in [4.78, 5) is 18.8. The lowest BCUT2D eigenvalue weighted by atomic mass is 10.2. The lowest BCUT2D eigenvalue weighted by molar-refractivity contribution is -0.138. The fourth-order valence-corrected chi connectivity index (χ4v) is 2.84. The minimum Gasteiger partial charge on any atom is -0.497 e. The third-order valence-corrected chi connectivity index (χ3v) is 4.56. The van der Waals surface area contributed by atoms with E-state index in [1.165, 1.54) is 0 Å². The van der Waals surface area contributed by atoms with Crippen molar-refractivity contribution in [1.82, 2.24) is 15.0 Å². The van der Waals surface area contributed by atoms with Crippen LogP contribution in [0.15, 0.2) is 53.1 Å². The van der Waals surface area contributed by atoms with Crippen LogP contribution in [0.25, 0.3) is 11.4 Å². The van der Waals surface area contributed by atoms with Crippen molar-refractivity contribution < 1.29 is 18.8 Å². The predicted octanol–water partition coefficient (Wildman–Crippen LogP) is 4.21. The standard InChI is InChI=1S/C21H22ClN3O4/c1-4-25(21(26)14(2)28-18-11-9-17(27-3)10-12-18)13-19-23-20(24-29-19)15-5-7-16(22)8-6-15/h5-12,14H,4,13H2,1-3H3/t14-/m1/s1. The minimum absolute atomic E-state index is 0.172. The van der Waals surface area contributed by atoms with Crippen molar-refractivity contribution in [2.24, 2.45) is 0 Å². The van der Waals surface area contributed by atoms with Crippen molar-refractivity contribution in [3.63, 3.8) is 0 Å². The number of hydrogen-bond donors (Lipinski definition) is 0. The first-order valence-electron chi connectivity index (χ1n) is 9.18. The Morgan fingerprint density at radius 3 is 2.41 bits per heavy atom. The first-order chi connectivity index (χ1) is 14.0. The molecule has 0 saturated carbocycles. The van der Waals surface area contributed by atoms with E-state index in [9.17, 15) is 4.79 Å². The molecule has 0 saturated heterocycles. The number of nitrogens with zero attached hydrogens (tertiary/aromatic N) is 3. The zero-order chi connectivity index (χ0) is 20.8. The van der Waals surface area contributed by atoms with Gasteiger partial charge in [0, 0.05) is 17.1 Å². The Hall–Kier alpha value is -3.06. The molecule has 0 unspecified atom stereocenters. The Bertz CT molecular complexity index is 941. The minimum atomic E-state index is -0.665. The van der Waals surface area contributed by atoms with Gasteiger partial charge in [-0.1, -0.05) is 16.8 Å². The van der Waals surface area contributed by atoms with Crippen LogP contribution >= 0.6 is 11.6 Å². The lowest BCUT2D eigenvalue weighted by Crippen LogP contribution is -2.40. The third-order valence-electron chi connectivity index (χ3n) is 4.31. The molecular weight excluding hydrogens is 394 g/mol. The lowest BCUT2D eigenvalue weighted by Gasteiger charge is -2.23. The number of hydrogen-bond acceptors (Lipinski definition) is 6. The van der Waals surface area contributed by atoms with Crippen LogP contribution in [0.1, 0.15) is 19.7 Å². The molecule has 7 nitrogen and oxygen atoms in total. The summed E-state index contributed by atoms with van der Waals surface area (Å²) in [7, 11) is 1.59. The summed E-state index contributed by atoms with van der Waals surface area (Å²) >= 11 is 5.90. The number of carbonyl (C=O) groups excluding carboxylic acids is 1. The van der Waals surface area contributed by atoms with Crippen LogP contribution in [0.3, 0.4) is 0 Å². The number of ether oxygens (including phenoxy) is 2. The maximum atomic E-state index is 12.8. The van der Waals surface area contributed by atoms with Crippen molar-refractivity contribution in [3.8, 4) is 22.9 Å². The highest BCUT2D eigenvalue weighted by Crippen LogP contribution is 2.20. The quantitative estimate of drug-likeness (QED) is 0.548. The summed E-state index contributed by atoms with van der Waals surface area (Å²) in [6.07, 6.45) is -0.665. The second-order valence-electron chi connectivity index (χ2n) is 6.31. The summed E-state index contributed by atoms with van der Waals surface area (Å²) in [5.74, 6) is 1.93. The Morgan fingerprint density at radius 1 is 1.14 bits per heavy atom. The number of rotatable bonds is 8. The van der Waals surface area contributed by atoms with Crippen molar-refractivity contribution in [3.05, 3.63) is 59.4 Å². The van der Waals surface area contributed by atoms with Crippen LogP contribution in [-0.4, -0.2) is 40.7 Å². The first-order valence-corrected chi connectivity index (χ1v) is 9.56. The van der Waals surface area contributed by atoms with Crippen molar-refractivity contribution >= 4 is 17.5 Å². The maximum Gasteiger partial charge on any atom is 0.263 e. The van der Waals surface area contributed by atoms with E-state index in [0.717, 1.165) is 11.3 Å². The highest BCUT2D eigenvalue weighted by atomic mass is 35.5. The topological polar surface area (TPSA) is 77.7 Å². The summed E-state index contributed by atoms with van der Waals surface area (Å²) in [6, 6.07) is 14.2. The molecule has 8 heteroatoms. The Labute approximate surface area is 174 Å². The van der Waals surface area contributed by atoms with Gasteiger partial charge in [0.05, 0.1) is 7.11 Å². The number of halogens is 1. The molecule has 152 valence electrons. The molecule has 0 aliphatic rings. The number of methoxy groups -OCH3 is 1. The first kappa shape index (κ1) is 20.7. The molecule has 0 aliphatic carbocycles. The van der Waals surface area contributed by atoms with E-state index in [0.29, 0.717) is 29.0 Å². The van der Waals surface area contributed by atoms with Gasteiger partial charge in [0.25, 0.3) is 5.91 Å². The molecule has 29 heavy (non-hydrogen) atoms. The Balaban J connectivity index is 1.64. The third kappa shape index (κ3) is 5.26. The Morgan fingerprint density at radius 2 is 1.79 bits per heavy atom. The molecule has 1 atom stereocenters. The van der Waals surface area contributed by atoms with Gasteiger partial charge >= 0.3 is 0 Å². The van der Waals surface area contributed by atoms with E-state index in [1.54, 1.807) is 55.3 Å². The SMILES string of the molecule is CCN(Cc1nc(-c2ccc(Cl)cc2)no1)C(=O)[C@@H](C)Oc1ccc(OC)cc1. The molecule has 0 bridgehead atoms. The largest absolute Gasteiger partial charge is 0.497 e. The normalized spacial score (nSPS) is 11.7. The average Bonchev–Trinajstić information content (AvgIpc) is 3.21. The zero-order valence-electron chi connectivity index (χ0n) is 16.5. The summed E-state index contributed by atoms with van der Waals surface area (Å²) in [5, 5.41) is 4.61. The van der Waals surface area contributed by atoms with Gasteiger partial charge in [0.2, 0.25) is 11.7 Å². The van der Waals surface area contributed by atoms with Gasteiger partial charge < -0.3 is 18.9 Å². The van der Waals surface area contributed by atoms with Crippen LogP contribution < -0.4 is 9.47 Å². The number of likely N-dealkylation sites (N-methyl/N-ethyl adjacent to an activating group) is 1. The highest BCUT2D eigenvalue weighted by Gasteiger charge is 2.23. The number of amides is 1. The molecule has 0 fully saturated rings. The van der Waals surface area contributed by atoms with E-state index in [-0.39, 0.29) is 12.5 Å². The molecule has 0 spiro atoms. The molecule has 1 heterocycles. The van der Waals surface area contributed by atoms with Gasteiger partial charge in [-0.25, -0.2) is 0 Å². The number of aromatic nitrogens is 2. The van der Waals surface area contributed by atoms with E-state index in [2.05, 4.69) is 10.1 Å². The van der Waals surface area contributed by atoms with Gasteiger partial charge in [0.15, 0.2) is 6.10 Å². The molecule has 2 aromatic carbocycles. The molecule has 3 aromatic rings. The second-order valence-corrected chi connectivity index (χ2v) is 6.74. The van der Waals surface area contributed by atoms with Gasteiger partial charge in [-0.2, -0.15) is 4.98 Å². The molecular formula is C21H22ClN3O4. The summed E-state index contributed by atoms with van der Waals surface area (Å²) in [6.45, 7) is 4.27. The number of benzene rings is 2. The van der Waals surface area contributed by atoms with Crippen molar-refractivity contribution in [2.45, 2.75) is 26.5 Å². The predicted molar refractivity (Wildman–Crippen MR) is 109 cm³/mol. The van der Waals surface area contributed by atoms with E-state index in [1.807, 2.05) is 19.1 Å². The van der Waals surface area contributed by atoms with E-state index < -0.39 is 6.10 Å². The van der Waals surface area contributed by atoms with Crippen LogP contribution in [-0.2, 0) is 11.3 Å². The smallest absolute Gasteiger partial charge is 0.263 e. The molecule has 0 radical (unpaired) electrons. The van der Waals surface area contributed by atoms with Crippen LogP contribution in [0.2, 0.25) is 5.02 Å². The number of carbonyl (C=O) groups is 1. The van der Waals surface area contributed by atoms with Crippen LogP contribution in [0.4, 0.5) is 0 Å². The van der Waals surface area contributed by atoms with Gasteiger partial charge in [-0.05, 0) is 62.4 Å². The fraction of sp³-hybridized carbons (Fsp3) is 0.286. The van der Waals surface area contributed by atoms with Gasteiger partial charge in [0.1, 0.15) is 18.0 Å². The van der Waals surface area contributed by atoms with E-state index >= 15 is 0 Å².